The molecule has 0 aromatic heterocycles. The van der Waals surface area contributed by atoms with Crippen LogP contribution in [0, 0.1) is 0 Å². The van der Waals surface area contributed by atoms with Gasteiger partial charge in [-0.05, 0) is 54.4 Å². The smallest absolute Gasteiger partial charge is 0.416 e. The number of carbonyl (C=O) groups excluding carboxylic acids is 1. The Hall–Kier alpha value is -4.79. The molecule has 9 nitrogen and oxygen atoms in total. The van der Waals surface area contributed by atoms with Gasteiger partial charge in [0.15, 0.2) is 0 Å². The summed E-state index contributed by atoms with van der Waals surface area (Å²) in [5.41, 5.74) is 2.14. The van der Waals surface area contributed by atoms with Crippen LogP contribution in [-0.4, -0.2) is 53.7 Å². The SMILES string of the molecule is COc1ccc(OC(=O)N(CC(=O)O)Cc2ccc(OCC/C(N=Cc3ccccc3)=C(\C)O)cc2)cc1. The number of nitrogens with zero attached hydrogens (tertiary/aromatic N) is 2. The predicted molar refractivity (Wildman–Crippen MR) is 143 cm³/mol. The van der Waals surface area contributed by atoms with Crippen molar-refractivity contribution in [1.29, 1.82) is 0 Å². The Morgan fingerprint density at radius 3 is 2.13 bits per heavy atom. The fraction of sp³-hybridized carbons (Fsp3) is 0.207. The third kappa shape index (κ3) is 9.02. The van der Waals surface area contributed by atoms with E-state index in [1.165, 1.54) is 7.11 Å². The van der Waals surface area contributed by atoms with Crippen molar-refractivity contribution in [2.45, 2.75) is 19.9 Å². The Bertz CT molecular complexity index is 1250. The van der Waals surface area contributed by atoms with Crippen molar-refractivity contribution in [3.63, 3.8) is 0 Å². The number of hydrogen-bond acceptors (Lipinski definition) is 7. The van der Waals surface area contributed by atoms with E-state index in [1.54, 1.807) is 61.7 Å². The first-order chi connectivity index (χ1) is 18.3. The molecular weight excluding hydrogens is 488 g/mol. The van der Waals surface area contributed by atoms with Crippen LogP contribution < -0.4 is 14.2 Å². The monoisotopic (exact) mass is 518 g/mol. The van der Waals surface area contributed by atoms with E-state index in [1.807, 2.05) is 30.3 Å². The minimum absolute atomic E-state index is 0.0341. The summed E-state index contributed by atoms with van der Waals surface area (Å²) in [7, 11) is 1.53. The average molecular weight is 519 g/mol. The topological polar surface area (TPSA) is 118 Å². The number of amides is 1. The van der Waals surface area contributed by atoms with Crippen LogP contribution in [0.2, 0.25) is 0 Å². The van der Waals surface area contributed by atoms with E-state index < -0.39 is 18.6 Å². The number of carbonyl (C=O) groups is 2. The van der Waals surface area contributed by atoms with E-state index in [0.29, 0.717) is 29.2 Å². The van der Waals surface area contributed by atoms with Gasteiger partial charge in [-0.15, -0.1) is 0 Å². The van der Waals surface area contributed by atoms with Crippen LogP contribution in [0.1, 0.15) is 24.5 Å². The molecule has 0 radical (unpaired) electrons. The van der Waals surface area contributed by atoms with E-state index in [-0.39, 0.29) is 24.7 Å². The first-order valence-corrected chi connectivity index (χ1v) is 11.9. The number of methoxy groups -OCH3 is 1. The molecule has 1 amide bonds. The summed E-state index contributed by atoms with van der Waals surface area (Å²) in [6, 6.07) is 22.9. The number of benzene rings is 3. The summed E-state index contributed by atoms with van der Waals surface area (Å²) in [6.45, 7) is 1.38. The van der Waals surface area contributed by atoms with Gasteiger partial charge in [0.25, 0.3) is 0 Å². The van der Waals surface area contributed by atoms with Gasteiger partial charge in [0, 0.05) is 19.2 Å². The number of carboxylic acids is 1. The van der Waals surface area contributed by atoms with Gasteiger partial charge in [0.2, 0.25) is 0 Å². The standard InChI is InChI=1S/C29H30N2O7/c1-21(32)27(30-18-22-6-4-3-5-7-22)16-17-37-25-10-8-23(9-11-25)19-31(20-28(33)34)29(35)38-26-14-12-24(36-2)13-15-26/h3-15,18,32H,16-17,19-20H2,1-2H3,(H,33,34)/b27-21-,30-18?. The lowest BCUT2D eigenvalue weighted by atomic mass is 10.2. The van der Waals surface area contributed by atoms with Crippen molar-refractivity contribution < 1.29 is 34.0 Å². The molecule has 0 spiro atoms. The minimum atomic E-state index is -1.16. The van der Waals surface area contributed by atoms with Gasteiger partial charge in [-0.25, -0.2) is 4.79 Å². The number of allylic oxidation sites excluding steroid dienone is 1. The number of aliphatic carboxylic acids is 1. The fourth-order valence-corrected chi connectivity index (χ4v) is 3.36. The van der Waals surface area contributed by atoms with Gasteiger partial charge in [-0.2, -0.15) is 0 Å². The zero-order valence-electron chi connectivity index (χ0n) is 21.2. The average Bonchev–Trinajstić information content (AvgIpc) is 2.91. The fourth-order valence-electron chi connectivity index (χ4n) is 3.36. The molecule has 0 bridgehead atoms. The number of rotatable bonds is 12. The first-order valence-electron chi connectivity index (χ1n) is 11.9. The molecule has 38 heavy (non-hydrogen) atoms. The largest absolute Gasteiger partial charge is 0.511 e. The number of ether oxygens (including phenoxy) is 3. The second kappa shape index (κ2) is 14.1. The Morgan fingerprint density at radius 1 is 0.895 bits per heavy atom. The molecule has 9 heteroatoms. The Labute approximate surface area is 221 Å². The molecule has 0 heterocycles. The highest BCUT2D eigenvalue weighted by molar-refractivity contribution is 5.80. The highest BCUT2D eigenvalue weighted by atomic mass is 16.6. The first kappa shape index (κ1) is 27.8. The van der Waals surface area contributed by atoms with Crippen LogP contribution in [0.4, 0.5) is 4.79 Å². The molecule has 3 aromatic carbocycles. The Morgan fingerprint density at radius 2 is 1.53 bits per heavy atom. The molecule has 0 aliphatic heterocycles. The van der Waals surface area contributed by atoms with E-state index in [2.05, 4.69) is 4.99 Å². The van der Waals surface area contributed by atoms with E-state index >= 15 is 0 Å². The van der Waals surface area contributed by atoms with Gasteiger partial charge >= 0.3 is 12.1 Å². The maximum Gasteiger partial charge on any atom is 0.416 e. The number of carboxylic acid groups (broad SMARTS) is 1. The minimum Gasteiger partial charge on any atom is -0.511 e. The van der Waals surface area contributed by atoms with E-state index in [0.717, 1.165) is 10.5 Å². The van der Waals surface area contributed by atoms with E-state index in [4.69, 9.17) is 14.2 Å². The van der Waals surface area contributed by atoms with Gasteiger partial charge < -0.3 is 24.4 Å². The van der Waals surface area contributed by atoms with Crippen LogP contribution in [0.15, 0.2) is 95.3 Å². The lowest BCUT2D eigenvalue weighted by Gasteiger charge is -2.20. The molecule has 0 unspecified atom stereocenters. The summed E-state index contributed by atoms with van der Waals surface area (Å²) in [5, 5.41) is 19.2. The third-order valence-corrected chi connectivity index (χ3v) is 5.34. The highest BCUT2D eigenvalue weighted by Gasteiger charge is 2.19. The van der Waals surface area contributed by atoms with Gasteiger partial charge in [-0.3, -0.25) is 14.7 Å². The summed E-state index contributed by atoms with van der Waals surface area (Å²) in [4.78, 5) is 29.4. The third-order valence-electron chi connectivity index (χ3n) is 5.34. The molecule has 0 saturated heterocycles. The zero-order chi connectivity index (χ0) is 27.3. The van der Waals surface area contributed by atoms with Gasteiger partial charge in [0.1, 0.15) is 29.6 Å². The van der Waals surface area contributed by atoms with Crippen LogP contribution in [-0.2, 0) is 11.3 Å². The quantitative estimate of drug-likeness (QED) is 0.241. The van der Waals surface area contributed by atoms with Crippen molar-refractivity contribution >= 4 is 18.3 Å². The summed E-state index contributed by atoms with van der Waals surface area (Å²) < 4.78 is 16.2. The van der Waals surface area contributed by atoms with Crippen molar-refractivity contribution in [2.24, 2.45) is 4.99 Å². The molecule has 198 valence electrons. The van der Waals surface area contributed by atoms with Crippen LogP contribution in [0.5, 0.6) is 17.2 Å². The summed E-state index contributed by atoms with van der Waals surface area (Å²) in [5.74, 6) is 0.426. The van der Waals surface area contributed by atoms with Gasteiger partial charge in [-0.1, -0.05) is 42.5 Å². The molecular formula is C29H30N2O7. The van der Waals surface area contributed by atoms with Crippen molar-refractivity contribution in [1.82, 2.24) is 4.90 Å². The molecule has 3 rings (SSSR count). The molecule has 0 aliphatic rings. The molecule has 0 atom stereocenters. The maximum atomic E-state index is 12.6. The van der Waals surface area contributed by atoms with Crippen LogP contribution in [0.3, 0.4) is 0 Å². The van der Waals surface area contributed by atoms with Crippen LogP contribution in [0.25, 0.3) is 0 Å². The molecule has 2 N–H and O–H groups in total. The molecule has 0 aliphatic carbocycles. The second-order valence-corrected chi connectivity index (χ2v) is 8.24. The normalized spacial score (nSPS) is 11.5. The summed E-state index contributed by atoms with van der Waals surface area (Å²) in [6.07, 6.45) is 1.30. The van der Waals surface area contributed by atoms with Crippen LogP contribution >= 0.6 is 0 Å². The lowest BCUT2D eigenvalue weighted by molar-refractivity contribution is -0.138. The van der Waals surface area contributed by atoms with Crippen molar-refractivity contribution in [2.75, 3.05) is 20.3 Å². The van der Waals surface area contributed by atoms with E-state index in [9.17, 15) is 19.8 Å². The molecule has 3 aromatic rings. The van der Waals surface area contributed by atoms with Crippen molar-refractivity contribution in [3.8, 4) is 17.2 Å². The second-order valence-electron chi connectivity index (χ2n) is 8.24. The Kier molecular flexibility index (Phi) is 10.3. The lowest BCUT2D eigenvalue weighted by Crippen LogP contribution is -2.37. The summed E-state index contributed by atoms with van der Waals surface area (Å²) >= 11 is 0. The maximum absolute atomic E-state index is 12.6. The number of aliphatic hydroxyl groups excluding tert-OH is 1. The predicted octanol–water partition coefficient (Wildman–Crippen LogP) is 5.46. The number of hydrogen-bond donors (Lipinski definition) is 2. The molecule has 0 saturated carbocycles. The highest BCUT2D eigenvalue weighted by Crippen LogP contribution is 2.19. The number of aliphatic imine (C=N–C) groups is 1. The van der Waals surface area contributed by atoms with Crippen molar-refractivity contribution in [3.05, 3.63) is 101 Å². The van der Waals surface area contributed by atoms with Gasteiger partial charge in [0.05, 0.1) is 19.4 Å². The number of aliphatic hydroxyl groups is 1. The Balaban J connectivity index is 1.55. The zero-order valence-corrected chi connectivity index (χ0v) is 21.2. The molecule has 0 fully saturated rings.